The molecule has 0 bridgehead atoms. The van der Waals surface area contributed by atoms with Crippen LogP contribution in [0.1, 0.15) is 5.56 Å². The number of halogens is 2. The van der Waals surface area contributed by atoms with E-state index in [0.29, 0.717) is 0 Å². The maximum absolute atomic E-state index is 10.8. The van der Waals surface area contributed by atoms with Crippen molar-refractivity contribution >= 4 is 42.0 Å². The first-order chi connectivity index (χ1) is 13.5. The highest BCUT2D eigenvalue weighted by atomic mass is 79.9. The molecule has 7 heteroatoms. The first-order valence-electron chi connectivity index (χ1n) is 8.81. The van der Waals surface area contributed by atoms with Gasteiger partial charge in [0.15, 0.2) is 0 Å². The van der Waals surface area contributed by atoms with Crippen LogP contribution in [0.15, 0.2) is 86.6 Å². The number of hydrogen-bond acceptors (Lipinski definition) is 3. The fourth-order valence-corrected chi connectivity index (χ4v) is 3.96. The predicted octanol–water partition coefficient (Wildman–Crippen LogP) is 5.68. The van der Waals surface area contributed by atoms with Crippen molar-refractivity contribution in [2.45, 2.75) is 11.4 Å². The second kappa shape index (κ2) is 10.00. The molecular formula is C22H23Br2NO3S. The molecule has 0 radical (unpaired) electrons. The lowest BCUT2D eigenvalue weighted by atomic mass is 10.1. The molecule has 0 aliphatic heterocycles. The summed E-state index contributed by atoms with van der Waals surface area (Å²) in [5.41, 5.74) is 3.15. The molecule has 0 atom stereocenters. The topological polar surface area (TPSA) is 57.2 Å². The lowest BCUT2D eigenvalue weighted by Gasteiger charge is -2.23. The van der Waals surface area contributed by atoms with Gasteiger partial charge in [-0.3, -0.25) is 0 Å². The Balaban J connectivity index is 0.000000234. The largest absolute Gasteiger partial charge is 0.744 e. The van der Waals surface area contributed by atoms with E-state index in [1.165, 1.54) is 17.7 Å². The van der Waals surface area contributed by atoms with Gasteiger partial charge in [-0.05, 0) is 41.5 Å². The van der Waals surface area contributed by atoms with Crippen LogP contribution in [0.5, 0.6) is 0 Å². The number of quaternary nitrogens is 1. The average molecular weight is 541 g/mol. The van der Waals surface area contributed by atoms with E-state index in [-0.39, 0.29) is 4.90 Å². The standard InChI is InChI=1S/C12H8Br2O3S.C10H16N/c13-9-3-6-12(14)11(7-9)8-1-4-10(5-2-8)18(15,16)17;1-11(2,3)9-10-7-5-4-6-8-10/h1-7H,(H,15,16,17);4-8H,9H2,1-3H3/q;+1/p-1. The molecule has 0 saturated carbocycles. The van der Waals surface area contributed by atoms with E-state index < -0.39 is 10.1 Å². The van der Waals surface area contributed by atoms with Crippen molar-refractivity contribution < 1.29 is 17.5 Å². The van der Waals surface area contributed by atoms with Crippen molar-refractivity contribution in [2.24, 2.45) is 0 Å². The molecule has 0 unspecified atom stereocenters. The Bertz CT molecular complexity index is 1050. The predicted molar refractivity (Wildman–Crippen MR) is 123 cm³/mol. The quantitative estimate of drug-likeness (QED) is 0.316. The van der Waals surface area contributed by atoms with Crippen LogP contribution in [0.3, 0.4) is 0 Å². The van der Waals surface area contributed by atoms with E-state index in [1.807, 2.05) is 18.2 Å². The molecular weight excluding hydrogens is 518 g/mol. The minimum atomic E-state index is -4.39. The summed E-state index contributed by atoms with van der Waals surface area (Å²) >= 11 is 6.80. The van der Waals surface area contributed by atoms with E-state index in [0.717, 1.165) is 31.1 Å². The van der Waals surface area contributed by atoms with Gasteiger partial charge in [0.1, 0.15) is 16.7 Å². The summed E-state index contributed by atoms with van der Waals surface area (Å²) < 4.78 is 35.3. The third-order valence-corrected chi connectivity index (χ3v) is 5.92. The van der Waals surface area contributed by atoms with E-state index >= 15 is 0 Å². The van der Waals surface area contributed by atoms with Gasteiger partial charge in [-0.2, -0.15) is 0 Å². The zero-order valence-electron chi connectivity index (χ0n) is 16.5. The van der Waals surface area contributed by atoms with Crippen LogP contribution in [0.4, 0.5) is 0 Å². The molecule has 0 fully saturated rings. The molecule has 29 heavy (non-hydrogen) atoms. The van der Waals surface area contributed by atoms with E-state index in [2.05, 4.69) is 83.3 Å². The summed E-state index contributed by atoms with van der Waals surface area (Å²) in [4.78, 5) is -0.225. The second-order valence-electron chi connectivity index (χ2n) is 7.54. The molecule has 0 N–H and O–H groups in total. The molecule has 0 aromatic heterocycles. The van der Waals surface area contributed by atoms with E-state index in [9.17, 15) is 13.0 Å². The van der Waals surface area contributed by atoms with Crippen LogP contribution in [0.25, 0.3) is 11.1 Å². The molecule has 0 saturated heterocycles. The van der Waals surface area contributed by atoms with Gasteiger partial charge in [0.25, 0.3) is 0 Å². The van der Waals surface area contributed by atoms with Gasteiger partial charge in [-0.15, -0.1) is 0 Å². The van der Waals surface area contributed by atoms with Crippen LogP contribution in [0.2, 0.25) is 0 Å². The Morgan fingerprint density at radius 2 is 1.45 bits per heavy atom. The highest BCUT2D eigenvalue weighted by Crippen LogP contribution is 2.31. The molecule has 0 aliphatic rings. The van der Waals surface area contributed by atoms with Crippen LogP contribution in [0, 0.1) is 0 Å². The van der Waals surface area contributed by atoms with Gasteiger partial charge >= 0.3 is 0 Å². The maximum atomic E-state index is 10.8. The van der Waals surface area contributed by atoms with Gasteiger partial charge in [0, 0.05) is 14.5 Å². The average Bonchev–Trinajstić information content (AvgIpc) is 2.63. The van der Waals surface area contributed by atoms with E-state index in [1.54, 1.807) is 12.1 Å². The zero-order valence-corrected chi connectivity index (χ0v) is 20.5. The summed E-state index contributed by atoms with van der Waals surface area (Å²) in [6, 6.07) is 22.1. The Morgan fingerprint density at radius 1 is 0.862 bits per heavy atom. The highest BCUT2D eigenvalue weighted by Gasteiger charge is 2.07. The number of benzene rings is 3. The molecule has 3 rings (SSSR count). The molecule has 0 spiro atoms. The number of hydrogen-bond donors (Lipinski definition) is 0. The molecule has 0 amide bonds. The van der Waals surface area contributed by atoms with Crippen molar-refractivity contribution in [1.82, 2.24) is 0 Å². The molecule has 3 aromatic rings. The SMILES string of the molecule is C[N+](C)(C)Cc1ccccc1.O=S(=O)([O-])c1ccc(-c2cc(Br)ccc2Br)cc1. The monoisotopic (exact) mass is 539 g/mol. The Morgan fingerprint density at radius 3 is 1.97 bits per heavy atom. The van der Waals surface area contributed by atoms with Gasteiger partial charge in [-0.1, -0.05) is 74.3 Å². The summed E-state index contributed by atoms with van der Waals surface area (Å²) in [5.74, 6) is 0. The third-order valence-electron chi connectivity index (χ3n) is 3.88. The normalized spacial score (nSPS) is 11.5. The Hall–Kier alpha value is -1.51. The van der Waals surface area contributed by atoms with Crippen LogP contribution in [-0.2, 0) is 16.7 Å². The molecule has 3 aromatic carbocycles. The number of nitrogens with zero attached hydrogens (tertiary/aromatic N) is 1. The first-order valence-corrected chi connectivity index (χ1v) is 11.8. The van der Waals surface area contributed by atoms with Gasteiger partial charge in [0.05, 0.1) is 26.0 Å². The first kappa shape index (κ1) is 23.8. The summed E-state index contributed by atoms with van der Waals surface area (Å²) in [6.45, 7) is 1.10. The van der Waals surface area contributed by atoms with Crippen molar-refractivity contribution in [3.63, 3.8) is 0 Å². The van der Waals surface area contributed by atoms with Crippen molar-refractivity contribution in [3.05, 3.63) is 87.3 Å². The number of rotatable bonds is 4. The Labute approximate surface area is 189 Å². The Kier molecular flexibility index (Phi) is 8.19. The summed E-state index contributed by atoms with van der Waals surface area (Å²) in [7, 11) is 2.21. The van der Waals surface area contributed by atoms with Crippen molar-refractivity contribution in [1.29, 1.82) is 0 Å². The van der Waals surface area contributed by atoms with Crippen LogP contribution >= 0.6 is 31.9 Å². The van der Waals surface area contributed by atoms with E-state index in [4.69, 9.17) is 0 Å². The van der Waals surface area contributed by atoms with Gasteiger partial charge in [0.2, 0.25) is 0 Å². The van der Waals surface area contributed by atoms with Crippen molar-refractivity contribution in [3.8, 4) is 11.1 Å². The maximum Gasteiger partial charge on any atom is 0.124 e. The zero-order chi connectivity index (χ0) is 21.7. The second-order valence-corrected chi connectivity index (χ2v) is 10.7. The molecule has 0 aliphatic carbocycles. The van der Waals surface area contributed by atoms with Gasteiger partial charge in [-0.25, -0.2) is 8.42 Å². The lowest BCUT2D eigenvalue weighted by molar-refractivity contribution is -0.884. The molecule has 154 valence electrons. The minimum Gasteiger partial charge on any atom is -0.744 e. The molecule has 4 nitrogen and oxygen atoms in total. The van der Waals surface area contributed by atoms with Gasteiger partial charge < -0.3 is 9.04 Å². The third kappa shape index (κ3) is 8.03. The lowest BCUT2D eigenvalue weighted by Crippen LogP contribution is -2.33. The van der Waals surface area contributed by atoms with Crippen LogP contribution < -0.4 is 0 Å². The molecule has 0 heterocycles. The smallest absolute Gasteiger partial charge is 0.124 e. The van der Waals surface area contributed by atoms with Crippen molar-refractivity contribution in [2.75, 3.05) is 21.1 Å². The van der Waals surface area contributed by atoms with Crippen LogP contribution in [-0.4, -0.2) is 38.6 Å². The minimum absolute atomic E-state index is 0.225. The fraction of sp³-hybridized carbons (Fsp3) is 0.182. The summed E-state index contributed by atoms with van der Waals surface area (Å²) in [6.07, 6.45) is 0. The highest BCUT2D eigenvalue weighted by molar-refractivity contribution is 9.11. The fourth-order valence-electron chi connectivity index (χ4n) is 2.65. The summed E-state index contributed by atoms with van der Waals surface area (Å²) in [5, 5.41) is 0.